The molecule has 0 saturated heterocycles. The van der Waals surface area contributed by atoms with E-state index in [9.17, 15) is 36.0 Å². The van der Waals surface area contributed by atoms with Gasteiger partial charge in [0.25, 0.3) is 0 Å². The monoisotopic (exact) mass is 957 g/mol. The zero-order chi connectivity index (χ0) is 46.1. The van der Waals surface area contributed by atoms with Gasteiger partial charge in [-0.3, -0.25) is 9.59 Å². The van der Waals surface area contributed by atoms with Gasteiger partial charge in [-0.1, -0.05) is 13.8 Å². The van der Waals surface area contributed by atoms with Gasteiger partial charge < -0.3 is 35.5 Å². The fraction of sp³-hybridized carbons (Fsp3) is 0.921. The van der Waals surface area contributed by atoms with E-state index >= 15 is 0 Å². The van der Waals surface area contributed by atoms with E-state index in [1.54, 1.807) is 13.8 Å². The van der Waals surface area contributed by atoms with Gasteiger partial charge in [0.2, 0.25) is 0 Å². The van der Waals surface area contributed by atoms with Crippen LogP contribution in [0, 0.1) is 28.1 Å². The summed E-state index contributed by atoms with van der Waals surface area (Å²) in [5, 5.41) is 0. The molecule has 0 aromatic carbocycles. The molecule has 4 fully saturated rings. The van der Waals surface area contributed by atoms with Crippen LogP contribution in [0.15, 0.2) is 0 Å². The maximum absolute atomic E-state index is 12.7. The predicted octanol–water partition coefficient (Wildman–Crippen LogP) is 7.63. The number of nitrogens with zero attached hydrogens (tertiary/aromatic N) is 1. The third kappa shape index (κ3) is 16.9. The molecule has 4 rings (SSSR count). The number of amides is 1. The molecular weight excluding hydrogens is 883 g/mol. The number of ether oxygens (including phenoxy) is 2. The van der Waals surface area contributed by atoms with Crippen LogP contribution in [0.2, 0.25) is 78.1 Å². The molecule has 0 aromatic rings. The number of carbonyl (C=O) groups excluding carboxylic acids is 3. The molecule has 4 saturated carbocycles. The molecule has 346 valence electrons. The summed E-state index contributed by atoms with van der Waals surface area (Å²) in [6.45, 7) is 35.3. The zero-order valence-electron chi connectivity index (χ0n) is 39.9. The number of rotatable bonds is 19. The van der Waals surface area contributed by atoms with E-state index in [1.807, 2.05) is 27.7 Å². The Hall–Kier alpha value is -0.328. The molecule has 22 heteroatoms. The van der Waals surface area contributed by atoms with Gasteiger partial charge in [0, 0.05) is 5.41 Å². The van der Waals surface area contributed by atoms with Gasteiger partial charge in [-0.05, 0) is 175 Å². The summed E-state index contributed by atoms with van der Waals surface area (Å²) in [6.07, 6.45) is 4.66. The quantitative estimate of drug-likeness (QED) is 0.0714. The molecule has 0 N–H and O–H groups in total. The van der Waals surface area contributed by atoms with Crippen molar-refractivity contribution in [1.82, 2.24) is 0 Å². The number of alkyl halides is 3. The van der Waals surface area contributed by atoms with Crippen molar-refractivity contribution in [2.24, 2.45) is 28.1 Å². The second-order valence-corrected chi connectivity index (χ2v) is 42.8. The number of carbonyl (C=O) groups is 3. The maximum atomic E-state index is 12.7. The van der Waals surface area contributed by atoms with E-state index in [1.165, 1.54) is 0 Å². The van der Waals surface area contributed by atoms with Gasteiger partial charge in [0.05, 0.1) is 23.3 Å². The average Bonchev–Trinajstić information content (AvgIpc) is 2.98. The van der Waals surface area contributed by atoms with Gasteiger partial charge in [0.15, 0.2) is 26.7 Å². The second kappa shape index (κ2) is 20.0. The van der Waals surface area contributed by atoms with E-state index in [-0.39, 0.29) is 55.9 Å². The first-order valence-electron chi connectivity index (χ1n) is 21.0. The first-order chi connectivity index (χ1) is 26.2. The Bertz CT molecular complexity index is 1610. The molecule has 2 unspecified atom stereocenters. The van der Waals surface area contributed by atoms with Crippen LogP contribution in [0.3, 0.4) is 0 Å². The van der Waals surface area contributed by atoms with Gasteiger partial charge in [-0.15, -0.1) is 0 Å². The van der Waals surface area contributed by atoms with E-state index in [0.29, 0.717) is 25.9 Å². The fourth-order valence-electron chi connectivity index (χ4n) is 8.99. The Kier molecular flexibility index (Phi) is 19.3. The zero-order valence-corrected chi connectivity index (χ0v) is 45.7. The van der Waals surface area contributed by atoms with E-state index in [2.05, 4.69) is 76.7 Å². The topological polar surface area (TPSA) is 155 Å². The third-order valence-corrected chi connectivity index (χ3v) is 30.4. The average molecular weight is 958 g/mol. The molecule has 0 heterocycles. The minimum Gasteiger partial charge on any atom is -0.538 e. The van der Waals surface area contributed by atoms with Gasteiger partial charge in [-0.25, -0.2) is 8.42 Å². The third-order valence-electron chi connectivity index (χ3n) is 11.4. The number of hydrogen-bond donors (Lipinski definition) is 0. The summed E-state index contributed by atoms with van der Waals surface area (Å²) in [5.74, 6) is -1.77. The van der Waals surface area contributed by atoms with E-state index in [0.717, 1.165) is 25.3 Å². The van der Waals surface area contributed by atoms with Gasteiger partial charge in [0.1, 0.15) is 5.60 Å². The molecule has 0 aromatic heterocycles. The summed E-state index contributed by atoms with van der Waals surface area (Å²) in [4.78, 5) is 37.4. The van der Waals surface area contributed by atoms with E-state index < -0.39 is 91.6 Å². The SMILES string of the molecule is CCC(C)(C)C(=O)OC12CC3CC(C1)CC(C(=O)[N-]S(=O)(=O)C(F)(F)F)(C3)C2.CCC(C)(C)C(=O)OCCC[Si](C)(C)O[Si](C)(C)O[Si](C)(C)O[Si](C)(C)O[Si](C)(C)C.[Li+]. The smallest absolute Gasteiger partial charge is 0.538 e. The normalized spacial score (nSPS) is 23.9. The second-order valence-electron chi connectivity index (χ2n) is 21.3. The number of sulfonamides is 1. The van der Waals surface area contributed by atoms with Crippen LogP contribution in [0.25, 0.3) is 4.72 Å². The van der Waals surface area contributed by atoms with Crippen molar-refractivity contribution in [3.8, 4) is 0 Å². The first kappa shape index (κ1) is 57.7. The molecule has 1 amide bonds. The Morgan fingerprint density at radius 1 is 0.700 bits per heavy atom. The van der Waals surface area contributed by atoms with Gasteiger partial charge in [-0.2, -0.15) is 13.2 Å². The fourth-order valence-corrected chi connectivity index (χ4v) is 33.2. The molecule has 12 nitrogen and oxygen atoms in total. The number of hydrogen-bond acceptors (Lipinski definition) is 11. The van der Waals surface area contributed by atoms with Crippen LogP contribution in [0.1, 0.15) is 99.3 Å². The van der Waals surface area contributed by atoms with Crippen molar-refractivity contribution in [2.45, 2.75) is 189 Å². The molecule has 0 radical (unpaired) electrons. The van der Waals surface area contributed by atoms with Crippen molar-refractivity contribution >= 4 is 70.2 Å². The minimum absolute atomic E-state index is 0. The van der Waals surface area contributed by atoms with Crippen LogP contribution in [0.4, 0.5) is 13.2 Å². The van der Waals surface area contributed by atoms with Crippen molar-refractivity contribution in [1.29, 1.82) is 0 Å². The molecule has 0 spiro atoms. The largest absolute Gasteiger partial charge is 1.00 e. The van der Waals surface area contributed by atoms with E-state index in [4.69, 9.17) is 25.9 Å². The Labute approximate surface area is 376 Å². The minimum atomic E-state index is -5.89. The molecule has 60 heavy (non-hydrogen) atoms. The summed E-state index contributed by atoms with van der Waals surface area (Å²) in [7, 11) is -16.6. The van der Waals surface area contributed by atoms with Crippen LogP contribution in [-0.2, 0) is 50.3 Å². The van der Waals surface area contributed by atoms with Crippen LogP contribution < -0.4 is 18.9 Å². The maximum Gasteiger partial charge on any atom is 1.00 e. The summed E-state index contributed by atoms with van der Waals surface area (Å²) in [5.41, 5.74) is -8.98. The van der Waals surface area contributed by atoms with Crippen molar-refractivity contribution in [3.05, 3.63) is 4.72 Å². The molecule has 4 aliphatic carbocycles. The number of halogens is 3. The summed E-state index contributed by atoms with van der Waals surface area (Å²) in [6, 6.07) is 0.925. The summed E-state index contributed by atoms with van der Waals surface area (Å²) >= 11 is 0. The Balaban J connectivity index is 0.000000592. The molecule has 0 aliphatic heterocycles. The standard InChI is InChI=1S/C20H50O6Si5.C18H26F3NO5S.Li/c1-15-20(2,3)19(21)22-17-16-18-28(7,8)24-30(11,12)26-31(13,14)25-29(9,10)23-27(4,5)6;1-4-15(2,3)14(24)27-17-8-11-5-12(9-17)7-16(6-11,10-17)13(23)22-28(25,26)18(19,20)21;/h15-18H2,1-14H3;11-12H,4-10H2,1-3H3,(H,22,23);/q;;+1/p-1. The van der Waals surface area contributed by atoms with Crippen LogP contribution >= 0.6 is 0 Å². The van der Waals surface area contributed by atoms with Crippen molar-refractivity contribution in [3.63, 3.8) is 0 Å². The van der Waals surface area contributed by atoms with Crippen molar-refractivity contribution < 1.29 is 80.8 Å². The Morgan fingerprint density at radius 3 is 1.57 bits per heavy atom. The number of esters is 2. The van der Waals surface area contributed by atoms with Crippen LogP contribution in [0.5, 0.6) is 0 Å². The first-order valence-corrected chi connectivity index (χ1v) is 37.4. The Morgan fingerprint density at radius 2 is 1.13 bits per heavy atom. The molecule has 4 bridgehead atoms. The summed E-state index contributed by atoms with van der Waals surface area (Å²) < 4.78 is 101. The van der Waals surface area contributed by atoms with Crippen LogP contribution in [-0.4, -0.2) is 86.3 Å². The molecular formula is C38H75F3LiNO11SSi5. The van der Waals surface area contributed by atoms with Gasteiger partial charge >= 0.3 is 62.0 Å². The molecule has 2 atom stereocenters. The van der Waals surface area contributed by atoms with Crippen molar-refractivity contribution in [2.75, 3.05) is 6.61 Å². The predicted molar refractivity (Wildman–Crippen MR) is 235 cm³/mol. The molecule has 4 aliphatic rings.